The van der Waals surface area contributed by atoms with Crippen molar-refractivity contribution in [1.82, 2.24) is 14.7 Å². The molecule has 0 spiro atoms. The lowest BCUT2D eigenvalue weighted by atomic mass is 9.96. The van der Waals surface area contributed by atoms with Crippen molar-refractivity contribution < 1.29 is 9.90 Å². The van der Waals surface area contributed by atoms with Gasteiger partial charge in [-0.15, -0.1) is 0 Å². The standard InChI is InChI=1S/C28H27N3O2/c1-19-16-20(2)31(29-19)27(24-8-5-9-26(32)17-24)22-10-12-23(13-11-22)28(33)30-15-14-21-6-3-4-7-25(21)18-30/h3-13,16-17,27,32H,14-15,18H2,1-2H3. The third-order valence-corrected chi connectivity index (χ3v) is 6.37. The van der Waals surface area contributed by atoms with Crippen LogP contribution < -0.4 is 0 Å². The second kappa shape index (κ2) is 8.58. The van der Waals surface area contributed by atoms with Crippen LogP contribution in [0.3, 0.4) is 0 Å². The number of aryl methyl sites for hydroxylation is 2. The van der Waals surface area contributed by atoms with Gasteiger partial charge in [-0.2, -0.15) is 5.10 Å². The van der Waals surface area contributed by atoms with Crippen LogP contribution in [0, 0.1) is 13.8 Å². The molecule has 5 rings (SSSR count). The van der Waals surface area contributed by atoms with Crippen LogP contribution in [0.25, 0.3) is 0 Å². The van der Waals surface area contributed by atoms with E-state index in [9.17, 15) is 9.90 Å². The van der Waals surface area contributed by atoms with Gasteiger partial charge >= 0.3 is 0 Å². The minimum Gasteiger partial charge on any atom is -0.508 e. The summed E-state index contributed by atoms with van der Waals surface area (Å²) in [6, 6.07) is 25.2. The van der Waals surface area contributed by atoms with Gasteiger partial charge in [-0.05, 0) is 72.9 Å². The Kier molecular flexibility index (Phi) is 5.47. The predicted molar refractivity (Wildman–Crippen MR) is 128 cm³/mol. The fourth-order valence-corrected chi connectivity index (χ4v) is 4.74. The van der Waals surface area contributed by atoms with E-state index in [2.05, 4.69) is 18.2 Å². The van der Waals surface area contributed by atoms with Gasteiger partial charge in [0.05, 0.1) is 5.69 Å². The molecule has 1 atom stereocenters. The Balaban J connectivity index is 1.45. The molecule has 1 amide bonds. The first kappa shape index (κ1) is 21.0. The average molecular weight is 438 g/mol. The summed E-state index contributed by atoms with van der Waals surface area (Å²) in [4.78, 5) is 15.1. The number of rotatable bonds is 4. The number of hydrogen-bond acceptors (Lipinski definition) is 3. The summed E-state index contributed by atoms with van der Waals surface area (Å²) >= 11 is 0. The number of nitrogens with zero attached hydrogens (tertiary/aromatic N) is 3. The molecule has 0 saturated heterocycles. The Morgan fingerprint density at radius 2 is 1.67 bits per heavy atom. The van der Waals surface area contributed by atoms with E-state index < -0.39 is 0 Å². The van der Waals surface area contributed by atoms with Gasteiger partial charge in [0, 0.05) is 24.3 Å². The molecule has 166 valence electrons. The highest BCUT2D eigenvalue weighted by Crippen LogP contribution is 2.30. The summed E-state index contributed by atoms with van der Waals surface area (Å²) in [6.07, 6.45) is 0.886. The third kappa shape index (κ3) is 4.14. The summed E-state index contributed by atoms with van der Waals surface area (Å²) in [7, 11) is 0. The number of phenolic OH excluding ortho intramolecular Hbond substituents is 1. The minimum absolute atomic E-state index is 0.0519. The van der Waals surface area contributed by atoms with E-state index >= 15 is 0 Å². The average Bonchev–Trinajstić information content (AvgIpc) is 3.16. The molecule has 0 aliphatic carbocycles. The number of phenols is 1. The van der Waals surface area contributed by atoms with Crippen molar-refractivity contribution in [2.75, 3.05) is 6.54 Å². The number of aromatic hydroxyl groups is 1. The highest BCUT2D eigenvalue weighted by atomic mass is 16.3. The van der Waals surface area contributed by atoms with Crippen molar-refractivity contribution in [3.05, 3.63) is 118 Å². The summed E-state index contributed by atoms with van der Waals surface area (Å²) in [5.41, 5.74) is 7.15. The molecular formula is C28H27N3O2. The topological polar surface area (TPSA) is 58.4 Å². The monoisotopic (exact) mass is 437 g/mol. The predicted octanol–water partition coefficient (Wildman–Crippen LogP) is 5.04. The van der Waals surface area contributed by atoms with Crippen molar-refractivity contribution in [1.29, 1.82) is 0 Å². The Labute approximate surface area is 193 Å². The van der Waals surface area contributed by atoms with Crippen molar-refractivity contribution in [3.8, 4) is 5.75 Å². The highest BCUT2D eigenvalue weighted by Gasteiger charge is 2.23. The maximum Gasteiger partial charge on any atom is 0.254 e. The molecule has 1 aliphatic rings. The van der Waals surface area contributed by atoms with Crippen molar-refractivity contribution >= 4 is 5.91 Å². The number of aromatic nitrogens is 2. The summed E-state index contributed by atoms with van der Waals surface area (Å²) < 4.78 is 1.97. The zero-order chi connectivity index (χ0) is 22.9. The van der Waals surface area contributed by atoms with Gasteiger partial charge < -0.3 is 10.0 Å². The van der Waals surface area contributed by atoms with Crippen LogP contribution in [-0.4, -0.2) is 32.2 Å². The van der Waals surface area contributed by atoms with Crippen molar-refractivity contribution in [2.45, 2.75) is 32.9 Å². The number of hydrogen-bond donors (Lipinski definition) is 1. The smallest absolute Gasteiger partial charge is 0.254 e. The molecule has 2 heterocycles. The van der Waals surface area contributed by atoms with Gasteiger partial charge in [-0.3, -0.25) is 9.48 Å². The largest absolute Gasteiger partial charge is 0.508 e. The molecule has 1 N–H and O–H groups in total. The zero-order valence-electron chi connectivity index (χ0n) is 18.9. The van der Waals surface area contributed by atoms with Crippen LogP contribution in [0.1, 0.15) is 50.0 Å². The maximum absolute atomic E-state index is 13.2. The molecule has 4 aromatic rings. The van der Waals surface area contributed by atoms with Crippen LogP contribution in [0.15, 0.2) is 78.9 Å². The Morgan fingerprint density at radius 1 is 0.909 bits per heavy atom. The number of fused-ring (bicyclic) bond motifs is 1. The van der Waals surface area contributed by atoms with E-state index in [4.69, 9.17) is 5.10 Å². The molecule has 0 bridgehead atoms. The molecule has 1 aromatic heterocycles. The fourth-order valence-electron chi connectivity index (χ4n) is 4.74. The molecule has 3 aromatic carbocycles. The molecule has 5 nitrogen and oxygen atoms in total. The van der Waals surface area contributed by atoms with Crippen LogP contribution >= 0.6 is 0 Å². The Hall–Kier alpha value is -3.86. The van der Waals surface area contributed by atoms with E-state index in [0.29, 0.717) is 12.1 Å². The van der Waals surface area contributed by atoms with Gasteiger partial charge in [0.15, 0.2) is 0 Å². The first-order valence-electron chi connectivity index (χ1n) is 11.3. The molecule has 0 saturated carbocycles. The first-order chi connectivity index (χ1) is 16.0. The molecule has 0 radical (unpaired) electrons. The van der Waals surface area contributed by atoms with Crippen LogP contribution in [0.5, 0.6) is 5.75 Å². The summed E-state index contributed by atoms with van der Waals surface area (Å²) in [5.74, 6) is 0.271. The molecule has 1 aliphatic heterocycles. The first-order valence-corrected chi connectivity index (χ1v) is 11.3. The highest BCUT2D eigenvalue weighted by molar-refractivity contribution is 5.94. The molecule has 5 heteroatoms. The molecule has 33 heavy (non-hydrogen) atoms. The Morgan fingerprint density at radius 3 is 2.36 bits per heavy atom. The normalized spacial score (nSPS) is 14.1. The second-order valence-electron chi connectivity index (χ2n) is 8.74. The van der Waals surface area contributed by atoms with E-state index in [1.807, 2.05) is 72.0 Å². The minimum atomic E-state index is -0.197. The van der Waals surface area contributed by atoms with Crippen LogP contribution in [0.4, 0.5) is 0 Å². The number of benzene rings is 3. The molecule has 0 fully saturated rings. The van der Waals surface area contributed by atoms with Gasteiger partial charge in [-0.1, -0.05) is 48.5 Å². The van der Waals surface area contributed by atoms with Gasteiger partial charge in [-0.25, -0.2) is 0 Å². The van der Waals surface area contributed by atoms with Gasteiger partial charge in [0.2, 0.25) is 0 Å². The van der Waals surface area contributed by atoms with Crippen LogP contribution in [0.2, 0.25) is 0 Å². The zero-order valence-corrected chi connectivity index (χ0v) is 18.9. The lowest BCUT2D eigenvalue weighted by Gasteiger charge is -2.29. The van der Waals surface area contributed by atoms with E-state index in [1.54, 1.807) is 12.1 Å². The SMILES string of the molecule is Cc1cc(C)n(C(c2ccc(C(=O)N3CCc4ccccc4C3)cc2)c2cccc(O)c2)n1. The van der Waals surface area contributed by atoms with Crippen LogP contribution in [-0.2, 0) is 13.0 Å². The summed E-state index contributed by atoms with van der Waals surface area (Å²) in [6.45, 7) is 5.38. The Bertz CT molecular complexity index is 1310. The van der Waals surface area contributed by atoms with Gasteiger partial charge in [0.1, 0.15) is 11.8 Å². The fraction of sp³-hybridized carbons (Fsp3) is 0.214. The lowest BCUT2D eigenvalue weighted by molar-refractivity contribution is 0.0734. The van der Waals surface area contributed by atoms with E-state index in [1.165, 1.54) is 11.1 Å². The number of carbonyl (C=O) groups excluding carboxylic acids is 1. The van der Waals surface area contributed by atoms with Crippen molar-refractivity contribution in [3.63, 3.8) is 0 Å². The third-order valence-electron chi connectivity index (χ3n) is 6.37. The molecular weight excluding hydrogens is 410 g/mol. The second-order valence-corrected chi connectivity index (χ2v) is 8.74. The number of amides is 1. The molecule has 1 unspecified atom stereocenters. The number of carbonyl (C=O) groups is 1. The van der Waals surface area contributed by atoms with Crippen molar-refractivity contribution in [2.24, 2.45) is 0 Å². The maximum atomic E-state index is 13.2. The van der Waals surface area contributed by atoms with E-state index in [-0.39, 0.29) is 17.7 Å². The summed E-state index contributed by atoms with van der Waals surface area (Å²) in [5, 5.41) is 14.8. The quantitative estimate of drug-likeness (QED) is 0.487. The lowest BCUT2D eigenvalue weighted by Crippen LogP contribution is -2.35. The van der Waals surface area contributed by atoms with E-state index in [0.717, 1.165) is 35.5 Å². The van der Waals surface area contributed by atoms with Gasteiger partial charge in [0.25, 0.3) is 5.91 Å².